The highest BCUT2D eigenvalue weighted by Crippen LogP contribution is 2.14. The van der Waals surface area contributed by atoms with Crippen LogP contribution in [0.4, 0.5) is 4.39 Å². The zero-order valence-corrected chi connectivity index (χ0v) is 12.8. The summed E-state index contributed by atoms with van der Waals surface area (Å²) in [6.07, 6.45) is -0.0732. The molecular formula is C15H19FO2Si. The van der Waals surface area contributed by atoms with Gasteiger partial charge in [0, 0.05) is 11.1 Å². The van der Waals surface area contributed by atoms with Gasteiger partial charge in [0.25, 0.3) is 0 Å². The monoisotopic (exact) mass is 278 g/mol. The van der Waals surface area contributed by atoms with Gasteiger partial charge in [0.1, 0.15) is 13.9 Å². The van der Waals surface area contributed by atoms with Crippen LogP contribution in [0.25, 0.3) is 0 Å². The van der Waals surface area contributed by atoms with Gasteiger partial charge in [-0.05, 0) is 19.1 Å². The summed E-state index contributed by atoms with van der Waals surface area (Å²) in [5.41, 5.74) is 4.09. The van der Waals surface area contributed by atoms with E-state index < -0.39 is 19.9 Å². The fraction of sp³-hybridized carbons (Fsp3) is 0.400. The Kier molecular flexibility index (Phi) is 5.31. The van der Waals surface area contributed by atoms with Crippen LogP contribution in [0.15, 0.2) is 18.2 Å². The van der Waals surface area contributed by atoms with Crippen molar-refractivity contribution < 1.29 is 13.9 Å². The third-order valence-electron chi connectivity index (χ3n) is 2.32. The first kappa shape index (κ1) is 15.5. The van der Waals surface area contributed by atoms with E-state index in [9.17, 15) is 9.18 Å². The second-order valence-corrected chi connectivity index (χ2v) is 10.00. The molecule has 2 nitrogen and oxygen atoms in total. The third-order valence-corrected chi connectivity index (χ3v) is 3.19. The summed E-state index contributed by atoms with van der Waals surface area (Å²) in [6.45, 7) is 8.37. The van der Waals surface area contributed by atoms with E-state index in [1.54, 1.807) is 19.1 Å². The molecule has 0 aliphatic heterocycles. The summed E-state index contributed by atoms with van der Waals surface area (Å²) in [5.74, 6) is 2.17. The highest BCUT2D eigenvalue weighted by atomic mass is 28.3. The number of hydrogen-bond acceptors (Lipinski definition) is 2. The lowest BCUT2D eigenvalue weighted by molar-refractivity contribution is -0.142. The molecule has 0 aliphatic carbocycles. The Morgan fingerprint density at radius 1 is 1.37 bits per heavy atom. The van der Waals surface area contributed by atoms with Gasteiger partial charge >= 0.3 is 5.97 Å². The van der Waals surface area contributed by atoms with Gasteiger partial charge < -0.3 is 4.74 Å². The molecule has 0 saturated heterocycles. The van der Waals surface area contributed by atoms with Gasteiger partial charge in [-0.2, -0.15) is 0 Å². The second kappa shape index (κ2) is 6.53. The van der Waals surface area contributed by atoms with Gasteiger partial charge in [0.05, 0.1) is 13.0 Å². The predicted octanol–water partition coefficient (Wildman–Crippen LogP) is 3.16. The van der Waals surface area contributed by atoms with Crippen molar-refractivity contribution in [1.29, 1.82) is 0 Å². The quantitative estimate of drug-likeness (QED) is 0.482. The van der Waals surface area contributed by atoms with E-state index in [0.717, 1.165) is 0 Å². The van der Waals surface area contributed by atoms with Crippen molar-refractivity contribution >= 4 is 14.0 Å². The first-order chi connectivity index (χ1) is 8.83. The van der Waals surface area contributed by atoms with Crippen LogP contribution < -0.4 is 0 Å². The van der Waals surface area contributed by atoms with E-state index in [2.05, 4.69) is 31.1 Å². The molecule has 0 amide bonds. The molecule has 0 bridgehead atoms. The summed E-state index contributed by atoms with van der Waals surface area (Å²) in [6, 6.07) is 4.69. The molecule has 1 rings (SSSR count). The predicted molar refractivity (Wildman–Crippen MR) is 77.0 cm³/mol. The average molecular weight is 278 g/mol. The minimum Gasteiger partial charge on any atom is -0.466 e. The Bertz CT molecular complexity index is 521. The highest BCUT2D eigenvalue weighted by molar-refractivity contribution is 6.83. The van der Waals surface area contributed by atoms with Crippen LogP contribution in [-0.2, 0) is 16.0 Å². The smallest absolute Gasteiger partial charge is 0.310 e. The zero-order chi connectivity index (χ0) is 14.5. The topological polar surface area (TPSA) is 26.3 Å². The van der Waals surface area contributed by atoms with Gasteiger partial charge in [0.15, 0.2) is 0 Å². The molecule has 0 spiro atoms. The lowest BCUT2D eigenvalue weighted by atomic mass is 10.0. The molecule has 1 aromatic carbocycles. The van der Waals surface area contributed by atoms with Crippen molar-refractivity contribution in [2.75, 3.05) is 6.61 Å². The van der Waals surface area contributed by atoms with Crippen LogP contribution in [0.2, 0.25) is 19.6 Å². The molecule has 0 aromatic heterocycles. The van der Waals surface area contributed by atoms with Gasteiger partial charge in [0.2, 0.25) is 0 Å². The summed E-state index contributed by atoms with van der Waals surface area (Å²) >= 11 is 0. The largest absolute Gasteiger partial charge is 0.466 e. The lowest BCUT2D eigenvalue weighted by Gasteiger charge is -2.07. The molecule has 0 heterocycles. The van der Waals surface area contributed by atoms with E-state index in [4.69, 9.17) is 4.74 Å². The molecule has 0 fully saturated rings. The molecular weight excluding hydrogens is 259 g/mol. The molecule has 0 atom stereocenters. The Morgan fingerprint density at radius 3 is 2.63 bits per heavy atom. The van der Waals surface area contributed by atoms with Crippen molar-refractivity contribution in [3.05, 3.63) is 35.1 Å². The van der Waals surface area contributed by atoms with E-state index in [-0.39, 0.29) is 6.42 Å². The lowest BCUT2D eigenvalue weighted by Crippen LogP contribution is -2.16. The van der Waals surface area contributed by atoms with Crippen molar-refractivity contribution in [2.24, 2.45) is 0 Å². The standard InChI is InChI=1S/C15H19FO2Si/c1-5-18-15(17)11-13-12(7-6-8-14(13)16)9-10-19(2,3)4/h6-8H,5,11H2,1-4H3. The normalized spacial score (nSPS) is 10.6. The number of carbonyl (C=O) groups is 1. The number of benzene rings is 1. The van der Waals surface area contributed by atoms with Crippen LogP contribution in [0, 0.1) is 17.3 Å². The molecule has 0 aliphatic rings. The summed E-state index contributed by atoms with van der Waals surface area (Å²) < 4.78 is 18.7. The first-order valence-corrected chi connectivity index (χ1v) is 9.79. The summed E-state index contributed by atoms with van der Waals surface area (Å²) in [5, 5.41) is 0. The molecule has 19 heavy (non-hydrogen) atoms. The van der Waals surface area contributed by atoms with Gasteiger partial charge in [-0.15, -0.1) is 5.54 Å². The molecule has 0 radical (unpaired) electrons. The Labute approximate surface area is 115 Å². The van der Waals surface area contributed by atoms with E-state index in [0.29, 0.717) is 17.7 Å². The fourth-order valence-corrected chi connectivity index (χ4v) is 1.98. The SMILES string of the molecule is CCOC(=O)Cc1c(F)cccc1C#C[Si](C)(C)C. The van der Waals surface area contributed by atoms with E-state index in [1.807, 2.05) is 0 Å². The second-order valence-electron chi connectivity index (χ2n) is 5.25. The molecule has 4 heteroatoms. The van der Waals surface area contributed by atoms with E-state index >= 15 is 0 Å². The maximum absolute atomic E-state index is 13.8. The van der Waals surface area contributed by atoms with E-state index in [1.165, 1.54) is 6.07 Å². The minimum absolute atomic E-state index is 0.0732. The first-order valence-electron chi connectivity index (χ1n) is 6.29. The molecule has 1 aromatic rings. The van der Waals surface area contributed by atoms with Gasteiger partial charge in [-0.25, -0.2) is 4.39 Å². The highest BCUT2D eigenvalue weighted by Gasteiger charge is 2.13. The minimum atomic E-state index is -1.54. The molecule has 102 valence electrons. The Balaban J connectivity index is 3.08. The third kappa shape index (κ3) is 5.27. The number of halogens is 1. The number of rotatable bonds is 3. The molecule has 0 N–H and O–H groups in total. The van der Waals surface area contributed by atoms with Gasteiger partial charge in [-0.3, -0.25) is 4.79 Å². The van der Waals surface area contributed by atoms with Gasteiger partial charge in [-0.1, -0.05) is 31.6 Å². The number of ether oxygens (including phenoxy) is 1. The fourth-order valence-electron chi connectivity index (χ4n) is 1.47. The Morgan fingerprint density at radius 2 is 2.05 bits per heavy atom. The number of hydrogen-bond donors (Lipinski definition) is 0. The Hall–Kier alpha value is -1.60. The molecule has 0 unspecified atom stereocenters. The zero-order valence-electron chi connectivity index (χ0n) is 11.8. The van der Waals surface area contributed by atoms with Crippen LogP contribution in [-0.4, -0.2) is 20.7 Å². The maximum atomic E-state index is 13.8. The van der Waals surface area contributed by atoms with Crippen LogP contribution in [0.1, 0.15) is 18.1 Å². The maximum Gasteiger partial charge on any atom is 0.310 e. The van der Waals surface area contributed by atoms with Crippen molar-refractivity contribution in [3.8, 4) is 11.5 Å². The van der Waals surface area contributed by atoms with Crippen molar-refractivity contribution in [1.82, 2.24) is 0 Å². The van der Waals surface area contributed by atoms with Crippen LogP contribution >= 0.6 is 0 Å². The summed E-state index contributed by atoms with van der Waals surface area (Å²) in [4.78, 5) is 11.5. The van der Waals surface area contributed by atoms with Crippen molar-refractivity contribution in [2.45, 2.75) is 33.0 Å². The summed E-state index contributed by atoms with van der Waals surface area (Å²) in [7, 11) is -1.54. The number of esters is 1. The van der Waals surface area contributed by atoms with Crippen LogP contribution in [0.5, 0.6) is 0 Å². The van der Waals surface area contributed by atoms with Crippen molar-refractivity contribution in [3.63, 3.8) is 0 Å². The molecule has 0 saturated carbocycles. The average Bonchev–Trinajstić information content (AvgIpc) is 2.29. The number of carbonyl (C=O) groups excluding carboxylic acids is 1. The van der Waals surface area contributed by atoms with Crippen LogP contribution in [0.3, 0.4) is 0 Å².